The molecule has 2 bridgehead atoms. The van der Waals surface area contributed by atoms with Gasteiger partial charge in [0.1, 0.15) is 0 Å². The molecule has 0 unspecified atom stereocenters. The molecule has 2 saturated carbocycles. The van der Waals surface area contributed by atoms with Crippen molar-refractivity contribution >= 4 is 38.9 Å². The first-order valence-electron chi connectivity index (χ1n) is 7.60. The Morgan fingerprint density at radius 2 is 1.67 bits per heavy atom. The lowest BCUT2D eigenvalue weighted by atomic mass is 9.81. The van der Waals surface area contributed by atoms with Crippen molar-refractivity contribution in [3.8, 4) is 0 Å². The fraction of sp³-hybridized carbons (Fsp3) is 0.412. The number of thiophene rings is 1. The van der Waals surface area contributed by atoms with Gasteiger partial charge in [-0.3, -0.25) is 9.59 Å². The number of hydrogen-bond donors (Lipinski definition) is 0. The van der Waals surface area contributed by atoms with E-state index in [1.807, 2.05) is 29.6 Å². The Hall–Kier alpha value is -1.68. The summed E-state index contributed by atoms with van der Waals surface area (Å²) in [7, 11) is 0. The molecular weight excluding hydrogens is 282 g/mol. The number of carbonyl (C=O) groups excluding carboxylic acids is 2. The first kappa shape index (κ1) is 11.9. The summed E-state index contributed by atoms with van der Waals surface area (Å²) < 4.78 is 1.13. The Bertz CT molecular complexity index is 752. The molecule has 21 heavy (non-hydrogen) atoms. The Morgan fingerprint density at radius 3 is 2.38 bits per heavy atom. The molecule has 1 saturated heterocycles. The van der Waals surface area contributed by atoms with E-state index in [2.05, 4.69) is 0 Å². The molecule has 4 atom stereocenters. The van der Waals surface area contributed by atoms with Gasteiger partial charge in [-0.15, -0.1) is 11.3 Å². The van der Waals surface area contributed by atoms with Gasteiger partial charge in [0.15, 0.2) is 0 Å². The van der Waals surface area contributed by atoms with E-state index in [0.29, 0.717) is 11.8 Å². The Kier molecular flexibility index (Phi) is 2.24. The lowest BCUT2D eigenvalue weighted by Crippen LogP contribution is -2.32. The van der Waals surface area contributed by atoms with Gasteiger partial charge in [0.05, 0.1) is 17.5 Å². The summed E-state index contributed by atoms with van der Waals surface area (Å²) in [5.41, 5.74) is 0.805. The summed E-state index contributed by atoms with van der Waals surface area (Å²) in [4.78, 5) is 27.2. The van der Waals surface area contributed by atoms with Crippen LogP contribution in [-0.4, -0.2) is 11.8 Å². The van der Waals surface area contributed by atoms with Crippen LogP contribution in [0.15, 0.2) is 29.6 Å². The van der Waals surface area contributed by atoms with Crippen molar-refractivity contribution in [2.24, 2.45) is 23.7 Å². The van der Waals surface area contributed by atoms with Gasteiger partial charge < -0.3 is 0 Å². The third-order valence-corrected chi connectivity index (χ3v) is 6.58. The summed E-state index contributed by atoms with van der Waals surface area (Å²) in [6.45, 7) is 0. The highest BCUT2D eigenvalue weighted by Gasteiger charge is 2.61. The highest BCUT2D eigenvalue weighted by atomic mass is 32.1. The first-order chi connectivity index (χ1) is 10.3. The second-order valence-corrected chi connectivity index (χ2v) is 7.42. The average molecular weight is 297 g/mol. The predicted molar refractivity (Wildman–Crippen MR) is 82.1 cm³/mol. The van der Waals surface area contributed by atoms with Gasteiger partial charge in [0.25, 0.3) is 0 Å². The third-order valence-electron chi connectivity index (χ3n) is 5.63. The van der Waals surface area contributed by atoms with E-state index in [1.54, 1.807) is 11.3 Å². The van der Waals surface area contributed by atoms with Crippen LogP contribution in [0.25, 0.3) is 10.1 Å². The molecular formula is C17H15NO2S. The molecule has 5 rings (SSSR count). The number of rotatable bonds is 1. The van der Waals surface area contributed by atoms with Crippen LogP contribution >= 0.6 is 11.3 Å². The van der Waals surface area contributed by atoms with E-state index >= 15 is 0 Å². The SMILES string of the molecule is O=C1[C@@H]2[C@@H]3CC[C@@H](C3)[C@@H]2C(=O)N1c1csc2ccccc12. The monoisotopic (exact) mass is 297 g/mol. The van der Waals surface area contributed by atoms with Gasteiger partial charge in [-0.05, 0) is 37.2 Å². The van der Waals surface area contributed by atoms with Gasteiger partial charge in [-0.2, -0.15) is 0 Å². The summed E-state index contributed by atoms with van der Waals surface area (Å²) in [6.07, 6.45) is 3.34. The topological polar surface area (TPSA) is 37.4 Å². The summed E-state index contributed by atoms with van der Waals surface area (Å²) in [6, 6.07) is 8.00. The van der Waals surface area contributed by atoms with Crippen molar-refractivity contribution in [3.63, 3.8) is 0 Å². The molecule has 3 nitrogen and oxygen atoms in total. The lowest BCUT2D eigenvalue weighted by Gasteiger charge is -2.19. The van der Waals surface area contributed by atoms with Gasteiger partial charge in [0.2, 0.25) is 11.8 Å². The maximum atomic E-state index is 12.8. The molecule has 1 aromatic heterocycles. The van der Waals surface area contributed by atoms with Crippen molar-refractivity contribution in [2.75, 3.05) is 4.90 Å². The second-order valence-electron chi connectivity index (χ2n) is 6.51. The van der Waals surface area contributed by atoms with Crippen LogP contribution in [0, 0.1) is 23.7 Å². The number of anilines is 1. The first-order valence-corrected chi connectivity index (χ1v) is 8.47. The van der Waals surface area contributed by atoms with Crippen LogP contribution in [-0.2, 0) is 9.59 Å². The van der Waals surface area contributed by atoms with Crippen LogP contribution in [0.1, 0.15) is 19.3 Å². The van der Waals surface area contributed by atoms with Gasteiger partial charge in [0, 0.05) is 15.5 Å². The zero-order chi connectivity index (χ0) is 14.1. The largest absolute Gasteiger partial charge is 0.274 e. The minimum absolute atomic E-state index is 0.0325. The molecule has 0 N–H and O–H groups in total. The maximum absolute atomic E-state index is 12.8. The Labute approximate surface area is 126 Å². The number of hydrogen-bond acceptors (Lipinski definition) is 3. The molecule has 0 spiro atoms. The molecule has 2 heterocycles. The van der Waals surface area contributed by atoms with Crippen molar-refractivity contribution < 1.29 is 9.59 Å². The fourth-order valence-corrected chi connectivity index (χ4v) is 5.71. The average Bonchev–Trinajstić information content (AvgIpc) is 3.23. The zero-order valence-electron chi connectivity index (χ0n) is 11.5. The zero-order valence-corrected chi connectivity index (χ0v) is 12.3. The molecule has 106 valence electrons. The molecule has 1 aliphatic heterocycles. The van der Waals surface area contributed by atoms with Crippen LogP contribution < -0.4 is 4.90 Å². The van der Waals surface area contributed by atoms with E-state index in [4.69, 9.17) is 0 Å². The predicted octanol–water partition coefficient (Wildman–Crippen LogP) is 3.44. The number of benzene rings is 1. The lowest BCUT2D eigenvalue weighted by molar-refractivity contribution is -0.123. The molecule has 2 aliphatic carbocycles. The van der Waals surface area contributed by atoms with E-state index in [1.165, 1.54) is 4.90 Å². The number of carbonyl (C=O) groups is 2. The number of amides is 2. The van der Waals surface area contributed by atoms with Crippen molar-refractivity contribution in [1.82, 2.24) is 0 Å². The fourth-order valence-electron chi connectivity index (χ4n) is 4.78. The van der Waals surface area contributed by atoms with Crippen molar-refractivity contribution in [3.05, 3.63) is 29.6 Å². The molecule has 3 fully saturated rings. The highest BCUT2D eigenvalue weighted by molar-refractivity contribution is 7.17. The number of nitrogens with zero attached hydrogens (tertiary/aromatic N) is 1. The van der Waals surface area contributed by atoms with Crippen LogP contribution in [0.4, 0.5) is 5.69 Å². The Balaban J connectivity index is 1.64. The number of imide groups is 1. The van der Waals surface area contributed by atoms with Crippen molar-refractivity contribution in [1.29, 1.82) is 0 Å². The smallest absolute Gasteiger partial charge is 0.238 e. The van der Waals surface area contributed by atoms with Gasteiger partial charge in [-0.1, -0.05) is 18.2 Å². The Morgan fingerprint density at radius 1 is 1.00 bits per heavy atom. The van der Waals surface area contributed by atoms with E-state index < -0.39 is 0 Å². The molecule has 3 aliphatic rings. The maximum Gasteiger partial charge on any atom is 0.238 e. The molecule has 1 aromatic carbocycles. The summed E-state index contributed by atoms with van der Waals surface area (Å²) in [5.74, 6) is 0.948. The van der Waals surface area contributed by atoms with Gasteiger partial charge in [-0.25, -0.2) is 4.90 Å². The standard InChI is InChI=1S/C17H15NO2S/c19-16-14-9-5-6-10(7-9)15(14)17(20)18(16)12-8-21-13-4-2-1-3-11(12)13/h1-4,8-10,14-15H,5-7H2/t9-,10+,14-,15+. The normalized spacial score (nSPS) is 34.2. The van der Waals surface area contributed by atoms with Crippen LogP contribution in [0.3, 0.4) is 0 Å². The summed E-state index contributed by atoms with van der Waals surface area (Å²) in [5, 5.41) is 2.99. The third kappa shape index (κ3) is 1.39. The minimum atomic E-state index is -0.0325. The molecule has 4 heteroatoms. The number of fused-ring (bicyclic) bond motifs is 6. The van der Waals surface area contributed by atoms with Crippen LogP contribution in [0.5, 0.6) is 0 Å². The summed E-state index contributed by atoms with van der Waals surface area (Å²) >= 11 is 1.60. The molecule has 2 aromatic rings. The van der Waals surface area contributed by atoms with E-state index in [0.717, 1.165) is 35.0 Å². The van der Waals surface area contributed by atoms with Crippen molar-refractivity contribution in [2.45, 2.75) is 19.3 Å². The second kappa shape index (κ2) is 3.95. The molecule has 2 amide bonds. The minimum Gasteiger partial charge on any atom is -0.274 e. The van der Waals surface area contributed by atoms with E-state index in [-0.39, 0.29) is 23.7 Å². The van der Waals surface area contributed by atoms with Crippen LogP contribution in [0.2, 0.25) is 0 Å². The van der Waals surface area contributed by atoms with Gasteiger partial charge >= 0.3 is 0 Å². The quantitative estimate of drug-likeness (QED) is 0.756. The molecule has 0 radical (unpaired) electrons. The van der Waals surface area contributed by atoms with E-state index in [9.17, 15) is 9.59 Å². The highest BCUT2D eigenvalue weighted by Crippen LogP contribution is 2.57.